The van der Waals surface area contributed by atoms with E-state index in [2.05, 4.69) is 9.84 Å². The fourth-order valence-corrected chi connectivity index (χ4v) is 1.68. The van der Waals surface area contributed by atoms with E-state index in [0.717, 1.165) is 6.42 Å². The number of rotatable bonds is 7. The van der Waals surface area contributed by atoms with Crippen LogP contribution < -0.4 is 10.5 Å². The molecule has 0 saturated heterocycles. The molecule has 1 heterocycles. The third-order valence-electron chi connectivity index (χ3n) is 2.41. The van der Waals surface area contributed by atoms with E-state index >= 15 is 0 Å². The second-order valence-electron chi connectivity index (χ2n) is 4.06. The highest BCUT2D eigenvalue weighted by Crippen LogP contribution is 2.24. The van der Waals surface area contributed by atoms with Crippen molar-refractivity contribution in [1.82, 2.24) is 9.78 Å². The topological polar surface area (TPSA) is 62.3 Å². The summed E-state index contributed by atoms with van der Waals surface area (Å²) < 4.78 is 47.3. The summed E-state index contributed by atoms with van der Waals surface area (Å²) in [6.45, 7) is 1.02. The number of nitrogens with two attached hydrogens (primary N) is 1. The Morgan fingerprint density at radius 1 is 1.47 bits per heavy atom. The zero-order valence-corrected chi connectivity index (χ0v) is 10.9. The Morgan fingerprint density at radius 3 is 2.68 bits per heavy atom. The Balaban J connectivity index is 2.69. The Bertz CT molecular complexity index is 393. The van der Waals surface area contributed by atoms with Crippen LogP contribution in [0.25, 0.3) is 0 Å². The molecule has 110 valence electrons. The van der Waals surface area contributed by atoms with Crippen LogP contribution >= 0.6 is 0 Å². The number of nitrogens with zero attached hydrogens (tertiary/aromatic N) is 2. The maximum absolute atomic E-state index is 12.0. The zero-order valence-electron chi connectivity index (χ0n) is 10.9. The molecule has 1 atom stereocenters. The van der Waals surface area contributed by atoms with Gasteiger partial charge in [-0.2, -0.15) is 18.3 Å². The average Bonchev–Trinajstić information content (AvgIpc) is 2.70. The first-order valence-corrected chi connectivity index (χ1v) is 5.88. The minimum Gasteiger partial charge on any atom is -0.493 e. The quantitative estimate of drug-likeness (QED) is 0.829. The van der Waals surface area contributed by atoms with Crippen molar-refractivity contribution in [2.24, 2.45) is 5.73 Å². The maximum Gasteiger partial charge on any atom is 0.411 e. The molecule has 1 aromatic rings. The first-order chi connectivity index (χ1) is 8.89. The lowest BCUT2D eigenvalue weighted by Gasteiger charge is -2.16. The molecule has 1 aromatic heterocycles. The third kappa shape index (κ3) is 4.71. The van der Waals surface area contributed by atoms with E-state index in [-0.39, 0.29) is 6.61 Å². The van der Waals surface area contributed by atoms with Crippen LogP contribution in [0.4, 0.5) is 13.2 Å². The van der Waals surface area contributed by atoms with Crippen molar-refractivity contribution in [1.29, 1.82) is 0 Å². The summed E-state index contributed by atoms with van der Waals surface area (Å²) in [5, 5.41) is 4.09. The van der Waals surface area contributed by atoms with Crippen LogP contribution in [-0.2, 0) is 11.3 Å². The molecule has 0 spiro atoms. The lowest BCUT2D eigenvalue weighted by Crippen LogP contribution is -2.25. The predicted molar refractivity (Wildman–Crippen MR) is 62.9 cm³/mol. The molecular formula is C11H18F3N3O2. The van der Waals surface area contributed by atoms with Gasteiger partial charge in [0.15, 0.2) is 5.75 Å². The van der Waals surface area contributed by atoms with E-state index in [9.17, 15) is 13.2 Å². The number of ether oxygens (including phenoxy) is 2. The molecule has 0 aliphatic rings. The highest BCUT2D eigenvalue weighted by molar-refractivity contribution is 5.28. The standard InChI is InChI=1S/C11H18F3N3O2/c1-3-4-17-10(9(18-2)5-16-17)8(15)6-19-7-11(12,13)14/h5,8H,3-4,6-7,15H2,1-2H3. The van der Waals surface area contributed by atoms with E-state index in [1.807, 2.05) is 6.92 Å². The second kappa shape index (κ2) is 6.76. The van der Waals surface area contributed by atoms with Crippen LogP contribution in [-0.4, -0.2) is 36.3 Å². The molecule has 1 unspecified atom stereocenters. The Labute approximate surface area is 109 Å². The van der Waals surface area contributed by atoms with E-state index < -0.39 is 18.8 Å². The highest BCUT2D eigenvalue weighted by Gasteiger charge is 2.28. The first-order valence-electron chi connectivity index (χ1n) is 5.88. The van der Waals surface area contributed by atoms with Gasteiger partial charge in [0.1, 0.15) is 6.61 Å². The Morgan fingerprint density at radius 2 is 2.16 bits per heavy atom. The van der Waals surface area contributed by atoms with Gasteiger partial charge in [0.25, 0.3) is 0 Å². The van der Waals surface area contributed by atoms with Crippen molar-refractivity contribution in [3.05, 3.63) is 11.9 Å². The maximum atomic E-state index is 12.0. The van der Waals surface area contributed by atoms with Crippen molar-refractivity contribution in [2.75, 3.05) is 20.3 Å². The number of hydrogen-bond acceptors (Lipinski definition) is 4. The zero-order chi connectivity index (χ0) is 14.5. The number of hydrogen-bond donors (Lipinski definition) is 1. The van der Waals surface area contributed by atoms with E-state index in [1.54, 1.807) is 4.68 Å². The first kappa shape index (κ1) is 15.8. The van der Waals surface area contributed by atoms with E-state index in [1.165, 1.54) is 13.3 Å². The largest absolute Gasteiger partial charge is 0.493 e. The molecule has 2 N–H and O–H groups in total. The molecule has 0 aliphatic carbocycles. The van der Waals surface area contributed by atoms with Gasteiger partial charge in [0.05, 0.1) is 31.6 Å². The van der Waals surface area contributed by atoms with E-state index in [0.29, 0.717) is 18.0 Å². The summed E-state index contributed by atoms with van der Waals surface area (Å²) in [6.07, 6.45) is -2.03. The van der Waals surface area contributed by atoms with Crippen molar-refractivity contribution < 1.29 is 22.6 Å². The molecule has 0 aliphatic heterocycles. The highest BCUT2D eigenvalue weighted by atomic mass is 19.4. The number of aromatic nitrogens is 2. The predicted octanol–water partition coefficient (Wildman–Crippen LogP) is 1.88. The summed E-state index contributed by atoms with van der Waals surface area (Å²) in [7, 11) is 1.46. The fraction of sp³-hybridized carbons (Fsp3) is 0.727. The van der Waals surface area contributed by atoms with E-state index in [4.69, 9.17) is 10.5 Å². The van der Waals surface area contributed by atoms with Gasteiger partial charge >= 0.3 is 6.18 Å². The molecule has 5 nitrogen and oxygen atoms in total. The van der Waals surface area contributed by atoms with Gasteiger partial charge in [0, 0.05) is 6.54 Å². The van der Waals surface area contributed by atoms with Crippen molar-refractivity contribution in [3.63, 3.8) is 0 Å². The van der Waals surface area contributed by atoms with Gasteiger partial charge in [-0.3, -0.25) is 4.68 Å². The molecule has 8 heteroatoms. The minimum atomic E-state index is -4.35. The van der Waals surface area contributed by atoms with Gasteiger partial charge < -0.3 is 15.2 Å². The number of alkyl halides is 3. The Hall–Kier alpha value is -1.28. The normalized spacial score (nSPS) is 13.6. The molecular weight excluding hydrogens is 263 g/mol. The van der Waals surface area contributed by atoms with Crippen LogP contribution in [0.5, 0.6) is 5.75 Å². The van der Waals surface area contributed by atoms with Crippen LogP contribution in [0.2, 0.25) is 0 Å². The third-order valence-corrected chi connectivity index (χ3v) is 2.41. The molecule has 0 fully saturated rings. The van der Waals surface area contributed by atoms with Crippen LogP contribution in [0.3, 0.4) is 0 Å². The molecule has 19 heavy (non-hydrogen) atoms. The lowest BCUT2D eigenvalue weighted by molar-refractivity contribution is -0.175. The van der Waals surface area contributed by atoms with Crippen LogP contribution in [0.15, 0.2) is 6.20 Å². The van der Waals surface area contributed by atoms with Crippen molar-refractivity contribution in [2.45, 2.75) is 32.1 Å². The molecule has 1 rings (SSSR count). The summed E-state index contributed by atoms with van der Waals surface area (Å²) in [5.74, 6) is 0.455. The van der Waals surface area contributed by atoms with Gasteiger partial charge in [-0.05, 0) is 6.42 Å². The van der Waals surface area contributed by atoms with Crippen LogP contribution in [0.1, 0.15) is 25.1 Å². The lowest BCUT2D eigenvalue weighted by atomic mass is 10.2. The summed E-state index contributed by atoms with van der Waals surface area (Å²) in [6, 6.07) is -0.716. The Kier molecular flexibility index (Phi) is 5.61. The number of aryl methyl sites for hydroxylation is 1. The summed E-state index contributed by atoms with van der Waals surface area (Å²) >= 11 is 0. The molecule has 0 saturated carbocycles. The average molecular weight is 281 g/mol. The van der Waals surface area contributed by atoms with Gasteiger partial charge in [-0.25, -0.2) is 0 Å². The fourth-order valence-electron chi connectivity index (χ4n) is 1.68. The van der Waals surface area contributed by atoms with Gasteiger partial charge in [0.2, 0.25) is 0 Å². The molecule has 0 bridgehead atoms. The van der Waals surface area contributed by atoms with Crippen LogP contribution in [0, 0.1) is 0 Å². The summed E-state index contributed by atoms with van der Waals surface area (Å²) in [4.78, 5) is 0. The van der Waals surface area contributed by atoms with Gasteiger partial charge in [-0.1, -0.05) is 6.92 Å². The number of methoxy groups -OCH3 is 1. The monoisotopic (exact) mass is 281 g/mol. The van der Waals surface area contributed by atoms with Crippen molar-refractivity contribution in [3.8, 4) is 5.75 Å². The number of halogens is 3. The summed E-state index contributed by atoms with van der Waals surface area (Å²) in [5.41, 5.74) is 6.39. The minimum absolute atomic E-state index is 0.245. The molecule has 0 radical (unpaired) electrons. The smallest absolute Gasteiger partial charge is 0.411 e. The molecule has 0 amide bonds. The second-order valence-corrected chi connectivity index (χ2v) is 4.06. The molecule has 0 aromatic carbocycles. The van der Waals surface area contributed by atoms with Gasteiger partial charge in [-0.15, -0.1) is 0 Å². The SMILES string of the molecule is CCCn1ncc(OC)c1C(N)COCC(F)(F)F. The van der Waals surface area contributed by atoms with Crippen molar-refractivity contribution >= 4 is 0 Å².